The quantitative estimate of drug-likeness (QED) is 0.708. The van der Waals surface area contributed by atoms with Crippen molar-refractivity contribution >= 4 is 16.7 Å². The lowest BCUT2D eigenvalue weighted by Gasteiger charge is -2.39. The highest BCUT2D eigenvalue weighted by Crippen LogP contribution is 2.42. The second-order valence-corrected chi connectivity index (χ2v) is 9.14. The van der Waals surface area contributed by atoms with Gasteiger partial charge >= 0.3 is 6.01 Å². The molecule has 0 saturated carbocycles. The normalized spacial score (nSPS) is 33.8. The number of hydrogen-bond acceptors (Lipinski definition) is 6. The molecule has 4 heterocycles. The van der Waals surface area contributed by atoms with Gasteiger partial charge < -0.3 is 14.4 Å². The number of halogens is 2. The van der Waals surface area contributed by atoms with E-state index in [1.165, 1.54) is 0 Å². The first-order valence-electron chi connectivity index (χ1n) is 10.7. The summed E-state index contributed by atoms with van der Waals surface area (Å²) in [6.45, 7) is 5.32. The van der Waals surface area contributed by atoms with Crippen LogP contribution in [0.2, 0.25) is 0 Å². The van der Waals surface area contributed by atoms with Crippen LogP contribution in [0.25, 0.3) is 10.9 Å². The van der Waals surface area contributed by atoms with Crippen LogP contribution in [-0.4, -0.2) is 65.7 Å². The lowest BCUT2D eigenvalue weighted by molar-refractivity contribution is 0.0732. The van der Waals surface area contributed by atoms with Crippen LogP contribution >= 0.6 is 0 Å². The molecule has 162 valence electrons. The van der Waals surface area contributed by atoms with Gasteiger partial charge in [-0.2, -0.15) is 9.97 Å². The molecular weight excluding hydrogens is 390 g/mol. The Morgan fingerprint density at radius 2 is 2.17 bits per heavy atom. The van der Waals surface area contributed by atoms with Gasteiger partial charge in [-0.15, -0.1) is 0 Å². The maximum absolute atomic E-state index is 15.6. The van der Waals surface area contributed by atoms with Crippen LogP contribution < -0.4 is 14.4 Å². The van der Waals surface area contributed by atoms with E-state index in [0.29, 0.717) is 42.0 Å². The van der Waals surface area contributed by atoms with E-state index in [9.17, 15) is 4.39 Å². The number of aromatic nitrogens is 2. The third-order valence-electron chi connectivity index (χ3n) is 7.24. The first kappa shape index (κ1) is 19.7. The molecule has 2 fully saturated rings. The minimum absolute atomic E-state index is 0.189. The molecule has 3 aliphatic heterocycles. The van der Waals surface area contributed by atoms with Gasteiger partial charge in [0.05, 0.1) is 23.0 Å². The van der Waals surface area contributed by atoms with Crippen molar-refractivity contribution in [2.75, 3.05) is 38.3 Å². The van der Waals surface area contributed by atoms with Crippen LogP contribution in [-0.2, 0) is 0 Å². The smallest absolute Gasteiger partial charge is 0.319 e. The number of nitrogens with zero attached hydrogens (tertiary/aromatic N) is 4. The monoisotopic (exact) mass is 418 g/mol. The Balaban J connectivity index is 1.53. The van der Waals surface area contributed by atoms with E-state index in [-0.39, 0.29) is 24.1 Å². The van der Waals surface area contributed by atoms with Crippen molar-refractivity contribution in [1.29, 1.82) is 0 Å². The molecule has 5 rings (SSSR count). The summed E-state index contributed by atoms with van der Waals surface area (Å²) in [5.41, 5.74) is 0.351. The Labute approximate surface area is 175 Å². The number of benzene rings is 1. The van der Waals surface area contributed by atoms with Gasteiger partial charge in [-0.1, -0.05) is 13.0 Å². The molecule has 1 aromatic carbocycles. The third-order valence-corrected chi connectivity index (χ3v) is 7.24. The molecule has 0 spiro atoms. The zero-order chi connectivity index (χ0) is 21.1. The van der Waals surface area contributed by atoms with Crippen molar-refractivity contribution in [2.24, 2.45) is 5.92 Å². The molecular formula is C22H28F2N4O2. The van der Waals surface area contributed by atoms with Gasteiger partial charge in [0.2, 0.25) is 0 Å². The van der Waals surface area contributed by atoms with Crippen molar-refractivity contribution in [3.63, 3.8) is 0 Å². The van der Waals surface area contributed by atoms with Crippen molar-refractivity contribution < 1.29 is 18.3 Å². The second kappa shape index (κ2) is 6.90. The minimum Gasteiger partial charge on any atom is -0.492 e. The minimum atomic E-state index is -1.65. The molecule has 0 amide bonds. The molecule has 8 heteroatoms. The van der Waals surface area contributed by atoms with E-state index in [1.807, 2.05) is 25.1 Å². The molecule has 2 unspecified atom stereocenters. The number of rotatable bonds is 3. The zero-order valence-electron chi connectivity index (χ0n) is 17.7. The third kappa shape index (κ3) is 2.99. The van der Waals surface area contributed by atoms with Gasteiger partial charge in [0.1, 0.15) is 24.3 Å². The summed E-state index contributed by atoms with van der Waals surface area (Å²) < 4.78 is 41.6. The van der Waals surface area contributed by atoms with Gasteiger partial charge in [0.15, 0.2) is 5.79 Å². The largest absolute Gasteiger partial charge is 0.492 e. The van der Waals surface area contributed by atoms with Gasteiger partial charge in [0, 0.05) is 25.9 Å². The highest BCUT2D eigenvalue weighted by Gasteiger charge is 2.49. The summed E-state index contributed by atoms with van der Waals surface area (Å²) in [6.07, 6.45) is 1.61. The SMILES string of the molecule is CC1COc2cccc3nc(OC[C@@]45CCCN4C[C@H](F)C5)nc(c23)N(C)C1(C)F. The molecule has 1 aromatic heterocycles. The van der Waals surface area contributed by atoms with Crippen LogP contribution in [0.5, 0.6) is 11.8 Å². The second-order valence-electron chi connectivity index (χ2n) is 9.14. The van der Waals surface area contributed by atoms with Crippen molar-refractivity contribution in [2.45, 2.75) is 50.6 Å². The van der Waals surface area contributed by atoms with E-state index in [4.69, 9.17) is 9.47 Å². The van der Waals surface area contributed by atoms with Gasteiger partial charge in [0.25, 0.3) is 0 Å². The van der Waals surface area contributed by atoms with E-state index in [2.05, 4.69) is 14.9 Å². The molecule has 6 nitrogen and oxygen atoms in total. The maximum atomic E-state index is 15.6. The first-order chi connectivity index (χ1) is 14.3. The summed E-state index contributed by atoms with van der Waals surface area (Å²) in [7, 11) is 1.70. The van der Waals surface area contributed by atoms with Crippen LogP contribution in [0.4, 0.5) is 14.6 Å². The molecule has 0 radical (unpaired) electrons. The van der Waals surface area contributed by atoms with Crippen molar-refractivity contribution in [3.8, 4) is 11.8 Å². The lowest BCUT2D eigenvalue weighted by Crippen LogP contribution is -2.48. The predicted molar refractivity (Wildman–Crippen MR) is 111 cm³/mol. The average molecular weight is 418 g/mol. The topological polar surface area (TPSA) is 50.7 Å². The summed E-state index contributed by atoms with van der Waals surface area (Å²) in [5.74, 6) is -0.936. The molecule has 3 aliphatic rings. The van der Waals surface area contributed by atoms with Crippen LogP contribution in [0, 0.1) is 5.92 Å². The Hall–Kier alpha value is -2.22. The Morgan fingerprint density at radius 1 is 1.33 bits per heavy atom. The molecule has 30 heavy (non-hydrogen) atoms. The Morgan fingerprint density at radius 3 is 3.00 bits per heavy atom. The van der Waals surface area contributed by atoms with Crippen LogP contribution in [0.3, 0.4) is 0 Å². The van der Waals surface area contributed by atoms with E-state index < -0.39 is 12.0 Å². The predicted octanol–water partition coefficient (Wildman–Crippen LogP) is 3.74. The molecule has 2 aromatic rings. The van der Waals surface area contributed by atoms with E-state index in [0.717, 1.165) is 19.4 Å². The summed E-state index contributed by atoms with van der Waals surface area (Å²) in [4.78, 5) is 12.9. The molecule has 2 saturated heterocycles. The molecule has 0 N–H and O–H groups in total. The number of fused-ring (bicyclic) bond motifs is 1. The molecule has 0 aliphatic carbocycles. The van der Waals surface area contributed by atoms with Gasteiger partial charge in [-0.25, -0.2) is 8.78 Å². The first-order valence-corrected chi connectivity index (χ1v) is 10.7. The summed E-state index contributed by atoms with van der Waals surface area (Å²) in [6, 6.07) is 5.75. The fourth-order valence-corrected chi connectivity index (χ4v) is 5.09. The summed E-state index contributed by atoms with van der Waals surface area (Å²) >= 11 is 0. The van der Waals surface area contributed by atoms with Gasteiger partial charge in [-0.3, -0.25) is 4.90 Å². The number of hydrogen-bond donors (Lipinski definition) is 0. The summed E-state index contributed by atoms with van der Waals surface area (Å²) in [5, 5.41) is 0.675. The van der Waals surface area contributed by atoms with E-state index in [1.54, 1.807) is 18.9 Å². The van der Waals surface area contributed by atoms with Crippen molar-refractivity contribution in [1.82, 2.24) is 14.9 Å². The Bertz CT molecular complexity index is 972. The number of ether oxygens (including phenoxy) is 2. The van der Waals surface area contributed by atoms with Gasteiger partial charge in [-0.05, 0) is 38.4 Å². The van der Waals surface area contributed by atoms with E-state index >= 15 is 4.39 Å². The standard InChI is InChI=1S/C22H28F2N4O2/c1-14-12-29-17-7-4-6-16-18(17)19(27(3)21(14,2)24)26-20(25-16)30-13-22-8-5-9-28(22)11-15(23)10-22/h4,6-7,14-15H,5,8-13H2,1-3H3/t14?,15-,21?,22+/m1/s1. The molecule has 0 bridgehead atoms. The number of alkyl halides is 2. The molecule has 4 atom stereocenters. The average Bonchev–Trinajstić information content (AvgIpc) is 3.24. The lowest BCUT2D eigenvalue weighted by atomic mass is 9.95. The van der Waals surface area contributed by atoms with Crippen LogP contribution in [0.1, 0.15) is 33.1 Å². The fraction of sp³-hybridized carbons (Fsp3) is 0.636. The highest BCUT2D eigenvalue weighted by molar-refractivity contribution is 5.95. The highest BCUT2D eigenvalue weighted by atomic mass is 19.1. The fourth-order valence-electron chi connectivity index (χ4n) is 5.09. The van der Waals surface area contributed by atoms with Crippen LogP contribution in [0.15, 0.2) is 18.2 Å². The van der Waals surface area contributed by atoms with Crippen molar-refractivity contribution in [3.05, 3.63) is 18.2 Å². The number of anilines is 1. The maximum Gasteiger partial charge on any atom is 0.319 e. The zero-order valence-corrected chi connectivity index (χ0v) is 17.7. The Kier molecular flexibility index (Phi) is 4.54.